The van der Waals surface area contributed by atoms with Crippen LogP contribution >= 0.6 is 23.2 Å². The SMILES string of the molecule is CCCNC(c1ccc(Cl)c(Cl)c1)C1CC2CC2C1. The molecule has 2 saturated carbocycles. The lowest BCUT2D eigenvalue weighted by Crippen LogP contribution is -2.28. The summed E-state index contributed by atoms with van der Waals surface area (Å²) in [6.45, 7) is 3.28. The van der Waals surface area contributed by atoms with Crippen LogP contribution in [0.4, 0.5) is 0 Å². The van der Waals surface area contributed by atoms with Gasteiger partial charge in [0, 0.05) is 6.04 Å². The van der Waals surface area contributed by atoms with Crippen LogP contribution in [-0.4, -0.2) is 6.54 Å². The summed E-state index contributed by atoms with van der Waals surface area (Å²) in [4.78, 5) is 0. The van der Waals surface area contributed by atoms with Crippen LogP contribution < -0.4 is 5.32 Å². The molecule has 0 spiro atoms. The molecular weight excluding hydrogens is 277 g/mol. The van der Waals surface area contributed by atoms with Gasteiger partial charge in [-0.15, -0.1) is 0 Å². The van der Waals surface area contributed by atoms with Crippen molar-refractivity contribution in [2.24, 2.45) is 17.8 Å². The molecular formula is C16H21Cl2N. The topological polar surface area (TPSA) is 12.0 Å². The van der Waals surface area contributed by atoms with Crippen LogP contribution in [0.25, 0.3) is 0 Å². The molecule has 3 rings (SSSR count). The van der Waals surface area contributed by atoms with E-state index >= 15 is 0 Å². The lowest BCUT2D eigenvalue weighted by atomic mass is 9.89. The summed E-state index contributed by atoms with van der Waals surface area (Å²) in [6.07, 6.45) is 5.40. The van der Waals surface area contributed by atoms with E-state index < -0.39 is 0 Å². The second-order valence-electron chi connectivity index (χ2n) is 6.09. The fourth-order valence-electron chi connectivity index (χ4n) is 3.60. The molecule has 1 nitrogen and oxygen atoms in total. The molecule has 0 amide bonds. The Kier molecular flexibility index (Phi) is 4.07. The molecule has 104 valence electrons. The first-order chi connectivity index (χ1) is 9.19. The minimum absolute atomic E-state index is 0.447. The minimum atomic E-state index is 0.447. The van der Waals surface area contributed by atoms with Crippen molar-refractivity contribution < 1.29 is 0 Å². The molecule has 19 heavy (non-hydrogen) atoms. The van der Waals surface area contributed by atoms with E-state index in [1.807, 2.05) is 12.1 Å². The van der Waals surface area contributed by atoms with Crippen molar-refractivity contribution in [1.29, 1.82) is 0 Å². The van der Waals surface area contributed by atoms with Gasteiger partial charge in [0.25, 0.3) is 0 Å². The smallest absolute Gasteiger partial charge is 0.0595 e. The van der Waals surface area contributed by atoms with Crippen LogP contribution in [0.3, 0.4) is 0 Å². The predicted molar refractivity (Wildman–Crippen MR) is 81.8 cm³/mol. The molecule has 0 aromatic heterocycles. The molecule has 2 aliphatic rings. The highest BCUT2D eigenvalue weighted by molar-refractivity contribution is 6.42. The average molecular weight is 298 g/mol. The molecule has 3 unspecified atom stereocenters. The van der Waals surface area contributed by atoms with Gasteiger partial charge in [-0.05, 0) is 67.7 Å². The quantitative estimate of drug-likeness (QED) is 0.799. The maximum Gasteiger partial charge on any atom is 0.0595 e. The third-order valence-corrected chi connectivity index (χ3v) is 5.41. The number of fused-ring (bicyclic) bond motifs is 1. The second-order valence-corrected chi connectivity index (χ2v) is 6.91. The third kappa shape index (κ3) is 2.94. The summed E-state index contributed by atoms with van der Waals surface area (Å²) >= 11 is 12.2. The Morgan fingerprint density at radius 3 is 2.53 bits per heavy atom. The van der Waals surface area contributed by atoms with Crippen molar-refractivity contribution in [2.45, 2.75) is 38.6 Å². The molecule has 0 saturated heterocycles. The predicted octanol–water partition coefficient (Wildman–Crippen LogP) is 5.08. The van der Waals surface area contributed by atoms with Gasteiger partial charge in [0.15, 0.2) is 0 Å². The first kappa shape index (κ1) is 13.7. The number of halogens is 2. The van der Waals surface area contributed by atoms with Gasteiger partial charge < -0.3 is 5.32 Å². The number of hydrogen-bond acceptors (Lipinski definition) is 1. The Hall–Kier alpha value is -0.240. The molecule has 1 aromatic rings. The Balaban J connectivity index is 1.78. The van der Waals surface area contributed by atoms with Crippen LogP contribution in [0.2, 0.25) is 10.0 Å². The van der Waals surface area contributed by atoms with Crippen molar-refractivity contribution in [2.75, 3.05) is 6.54 Å². The maximum atomic E-state index is 6.18. The molecule has 0 radical (unpaired) electrons. The number of benzene rings is 1. The molecule has 3 heteroatoms. The van der Waals surface area contributed by atoms with Crippen molar-refractivity contribution >= 4 is 23.2 Å². The third-order valence-electron chi connectivity index (χ3n) is 4.67. The second kappa shape index (κ2) is 5.63. The van der Waals surface area contributed by atoms with Crippen LogP contribution in [-0.2, 0) is 0 Å². The van der Waals surface area contributed by atoms with Crippen LogP contribution in [0, 0.1) is 17.8 Å². The van der Waals surface area contributed by atoms with E-state index in [9.17, 15) is 0 Å². The van der Waals surface area contributed by atoms with Crippen LogP contribution in [0.15, 0.2) is 18.2 Å². The van der Waals surface area contributed by atoms with E-state index in [-0.39, 0.29) is 0 Å². The van der Waals surface area contributed by atoms with E-state index in [0.717, 1.165) is 30.7 Å². The lowest BCUT2D eigenvalue weighted by molar-refractivity contribution is 0.342. The largest absolute Gasteiger partial charge is 0.310 e. The van der Waals surface area contributed by atoms with E-state index in [1.165, 1.54) is 24.8 Å². The molecule has 0 heterocycles. The molecule has 0 aliphatic heterocycles. The zero-order valence-electron chi connectivity index (χ0n) is 11.3. The molecule has 2 fully saturated rings. The Morgan fingerprint density at radius 1 is 1.16 bits per heavy atom. The first-order valence-electron chi connectivity index (χ1n) is 7.37. The standard InChI is InChI=1S/C16H21Cl2N/c1-2-5-19-16(13-7-11-6-12(11)8-13)10-3-4-14(17)15(18)9-10/h3-4,9,11-13,16,19H,2,5-8H2,1H3. The summed E-state index contributed by atoms with van der Waals surface area (Å²) < 4.78 is 0. The van der Waals surface area contributed by atoms with Gasteiger partial charge in [-0.2, -0.15) is 0 Å². The van der Waals surface area contributed by atoms with Gasteiger partial charge >= 0.3 is 0 Å². The number of hydrogen-bond donors (Lipinski definition) is 1. The van der Waals surface area contributed by atoms with Gasteiger partial charge in [-0.1, -0.05) is 36.2 Å². The van der Waals surface area contributed by atoms with Crippen molar-refractivity contribution in [3.63, 3.8) is 0 Å². The average Bonchev–Trinajstić information content (AvgIpc) is 3.01. The summed E-state index contributed by atoms with van der Waals surface area (Å²) in [6, 6.07) is 6.55. The summed E-state index contributed by atoms with van der Waals surface area (Å²) in [7, 11) is 0. The zero-order valence-corrected chi connectivity index (χ0v) is 12.8. The fourth-order valence-corrected chi connectivity index (χ4v) is 3.90. The molecule has 1 aromatic carbocycles. The Bertz CT molecular complexity index is 450. The van der Waals surface area contributed by atoms with Gasteiger partial charge in [-0.25, -0.2) is 0 Å². The first-order valence-corrected chi connectivity index (χ1v) is 8.13. The number of rotatable bonds is 5. The molecule has 2 aliphatic carbocycles. The van der Waals surface area contributed by atoms with Gasteiger partial charge in [0.2, 0.25) is 0 Å². The van der Waals surface area contributed by atoms with Crippen LogP contribution in [0.5, 0.6) is 0 Å². The van der Waals surface area contributed by atoms with Crippen molar-refractivity contribution in [3.8, 4) is 0 Å². The highest BCUT2D eigenvalue weighted by Crippen LogP contribution is 2.57. The summed E-state index contributed by atoms with van der Waals surface area (Å²) in [5, 5.41) is 5.03. The molecule has 3 atom stereocenters. The Labute approximate surface area is 125 Å². The fraction of sp³-hybridized carbons (Fsp3) is 0.625. The molecule has 0 bridgehead atoms. The highest BCUT2D eigenvalue weighted by atomic mass is 35.5. The van der Waals surface area contributed by atoms with E-state index in [4.69, 9.17) is 23.2 Å². The minimum Gasteiger partial charge on any atom is -0.310 e. The lowest BCUT2D eigenvalue weighted by Gasteiger charge is -2.27. The highest BCUT2D eigenvalue weighted by Gasteiger charge is 2.47. The number of nitrogens with one attached hydrogen (secondary N) is 1. The van der Waals surface area contributed by atoms with Gasteiger partial charge in [-0.3, -0.25) is 0 Å². The van der Waals surface area contributed by atoms with Gasteiger partial charge in [0.05, 0.1) is 10.0 Å². The monoisotopic (exact) mass is 297 g/mol. The molecule has 1 N–H and O–H groups in total. The van der Waals surface area contributed by atoms with E-state index in [0.29, 0.717) is 16.1 Å². The van der Waals surface area contributed by atoms with E-state index in [2.05, 4.69) is 18.3 Å². The van der Waals surface area contributed by atoms with Crippen LogP contribution in [0.1, 0.15) is 44.2 Å². The van der Waals surface area contributed by atoms with Gasteiger partial charge in [0.1, 0.15) is 0 Å². The summed E-state index contributed by atoms with van der Waals surface area (Å²) in [5.74, 6) is 2.80. The maximum absolute atomic E-state index is 6.18. The van der Waals surface area contributed by atoms with Crippen molar-refractivity contribution in [1.82, 2.24) is 5.32 Å². The van der Waals surface area contributed by atoms with E-state index in [1.54, 1.807) is 0 Å². The normalized spacial score (nSPS) is 30.2. The summed E-state index contributed by atoms with van der Waals surface area (Å²) in [5.41, 5.74) is 1.30. The van der Waals surface area contributed by atoms with Crippen molar-refractivity contribution in [3.05, 3.63) is 33.8 Å². The Morgan fingerprint density at radius 2 is 1.89 bits per heavy atom. The zero-order chi connectivity index (χ0) is 13.4.